The fourth-order valence-electron chi connectivity index (χ4n) is 1.85. The largest absolute Gasteiger partial charge is 0.337 e. The van der Waals surface area contributed by atoms with Gasteiger partial charge in [-0.25, -0.2) is 4.98 Å². The van der Waals surface area contributed by atoms with E-state index in [2.05, 4.69) is 11.9 Å². The molecular formula is C10H17N3. The van der Waals surface area contributed by atoms with Gasteiger partial charge in [0.1, 0.15) is 5.82 Å². The van der Waals surface area contributed by atoms with Crippen molar-refractivity contribution < 1.29 is 0 Å². The molecule has 1 fully saturated rings. The lowest BCUT2D eigenvalue weighted by Gasteiger charge is -2.18. The van der Waals surface area contributed by atoms with Crippen molar-refractivity contribution in [2.75, 3.05) is 0 Å². The molecule has 1 aromatic rings. The highest BCUT2D eigenvalue weighted by atomic mass is 15.1. The quantitative estimate of drug-likeness (QED) is 0.763. The van der Waals surface area contributed by atoms with E-state index >= 15 is 0 Å². The zero-order chi connectivity index (χ0) is 9.42. The lowest BCUT2D eigenvalue weighted by atomic mass is 9.97. The molecule has 3 nitrogen and oxygen atoms in total. The monoisotopic (exact) mass is 179 g/mol. The van der Waals surface area contributed by atoms with Crippen molar-refractivity contribution in [3.05, 3.63) is 18.2 Å². The van der Waals surface area contributed by atoms with Crippen molar-refractivity contribution in [3.8, 4) is 0 Å². The fourth-order valence-corrected chi connectivity index (χ4v) is 1.85. The molecule has 0 amide bonds. The molecule has 1 saturated carbocycles. The van der Waals surface area contributed by atoms with Gasteiger partial charge in [0.2, 0.25) is 0 Å². The van der Waals surface area contributed by atoms with Crippen LogP contribution in [0.5, 0.6) is 0 Å². The van der Waals surface area contributed by atoms with Crippen LogP contribution in [0.2, 0.25) is 0 Å². The Kier molecular flexibility index (Phi) is 2.12. The van der Waals surface area contributed by atoms with Gasteiger partial charge in [0.05, 0.1) is 6.04 Å². The summed E-state index contributed by atoms with van der Waals surface area (Å²) in [6.07, 6.45) is 6.46. The summed E-state index contributed by atoms with van der Waals surface area (Å²) < 4.78 is 2.02. The Morgan fingerprint density at radius 1 is 1.62 bits per heavy atom. The summed E-state index contributed by atoms with van der Waals surface area (Å²) in [5.41, 5.74) is 6.14. The van der Waals surface area contributed by atoms with Crippen molar-refractivity contribution in [3.63, 3.8) is 0 Å². The maximum absolute atomic E-state index is 6.14. The van der Waals surface area contributed by atoms with E-state index in [1.165, 1.54) is 12.8 Å². The van der Waals surface area contributed by atoms with Crippen LogP contribution in [0, 0.1) is 11.8 Å². The topological polar surface area (TPSA) is 43.8 Å². The van der Waals surface area contributed by atoms with E-state index in [4.69, 9.17) is 5.73 Å². The third-order valence-corrected chi connectivity index (χ3v) is 3.09. The number of nitrogens with zero attached hydrogens (tertiary/aromatic N) is 2. The van der Waals surface area contributed by atoms with Crippen molar-refractivity contribution in [2.45, 2.75) is 25.8 Å². The first-order chi connectivity index (χ1) is 6.20. The Bertz CT molecular complexity index is 288. The average Bonchev–Trinajstić information content (AvgIpc) is 2.87. The van der Waals surface area contributed by atoms with Gasteiger partial charge in [-0.15, -0.1) is 0 Å². The molecule has 1 heterocycles. The van der Waals surface area contributed by atoms with Crippen LogP contribution < -0.4 is 5.73 Å². The van der Waals surface area contributed by atoms with Gasteiger partial charge in [-0.1, -0.05) is 6.92 Å². The van der Waals surface area contributed by atoms with Crippen LogP contribution in [0.3, 0.4) is 0 Å². The second-order valence-corrected chi connectivity index (χ2v) is 4.12. The minimum atomic E-state index is 0.104. The van der Waals surface area contributed by atoms with Crippen molar-refractivity contribution in [1.82, 2.24) is 9.55 Å². The summed E-state index contributed by atoms with van der Waals surface area (Å²) in [6, 6.07) is 0.104. The van der Waals surface area contributed by atoms with Gasteiger partial charge in [0, 0.05) is 19.4 Å². The summed E-state index contributed by atoms with van der Waals surface area (Å²) in [7, 11) is 2.00. The first-order valence-corrected chi connectivity index (χ1v) is 4.93. The molecule has 0 saturated heterocycles. The van der Waals surface area contributed by atoms with E-state index in [0.29, 0.717) is 5.92 Å². The van der Waals surface area contributed by atoms with Crippen LogP contribution in [0.15, 0.2) is 12.4 Å². The van der Waals surface area contributed by atoms with Gasteiger partial charge in [-0.3, -0.25) is 0 Å². The highest BCUT2D eigenvalue weighted by Gasteiger charge is 2.33. The maximum atomic E-state index is 6.14. The Labute approximate surface area is 79.0 Å². The molecule has 2 unspecified atom stereocenters. The number of hydrogen-bond acceptors (Lipinski definition) is 2. The molecule has 1 aliphatic carbocycles. The van der Waals surface area contributed by atoms with Crippen molar-refractivity contribution in [1.29, 1.82) is 0 Å². The maximum Gasteiger partial charge on any atom is 0.125 e. The zero-order valence-electron chi connectivity index (χ0n) is 8.27. The number of aryl methyl sites for hydroxylation is 1. The Balaban J connectivity index is 2.11. The van der Waals surface area contributed by atoms with E-state index in [1.54, 1.807) is 0 Å². The Hall–Kier alpha value is -0.830. The van der Waals surface area contributed by atoms with E-state index in [0.717, 1.165) is 11.7 Å². The molecule has 1 aliphatic rings. The summed E-state index contributed by atoms with van der Waals surface area (Å²) in [5.74, 6) is 2.42. The van der Waals surface area contributed by atoms with Crippen LogP contribution >= 0.6 is 0 Å². The molecule has 0 bridgehead atoms. The number of hydrogen-bond donors (Lipinski definition) is 1. The number of nitrogens with two attached hydrogens (primary N) is 1. The second-order valence-electron chi connectivity index (χ2n) is 4.12. The minimum Gasteiger partial charge on any atom is -0.337 e. The summed E-state index contributed by atoms with van der Waals surface area (Å²) in [6.45, 7) is 2.23. The van der Waals surface area contributed by atoms with Gasteiger partial charge in [-0.05, 0) is 24.7 Å². The molecule has 3 heteroatoms. The molecule has 0 spiro atoms. The molecule has 2 atom stereocenters. The minimum absolute atomic E-state index is 0.104. The number of imidazole rings is 1. The molecule has 2 rings (SSSR count). The highest BCUT2D eigenvalue weighted by Crippen LogP contribution is 2.41. The van der Waals surface area contributed by atoms with Gasteiger partial charge < -0.3 is 10.3 Å². The predicted octanol–water partition coefficient (Wildman–Crippen LogP) is 1.47. The summed E-state index contributed by atoms with van der Waals surface area (Å²) in [5, 5.41) is 0. The van der Waals surface area contributed by atoms with Crippen LogP contribution in [0.25, 0.3) is 0 Å². The molecular weight excluding hydrogens is 162 g/mol. The summed E-state index contributed by atoms with van der Waals surface area (Å²) >= 11 is 0. The van der Waals surface area contributed by atoms with Crippen LogP contribution in [0.1, 0.15) is 31.6 Å². The van der Waals surface area contributed by atoms with Gasteiger partial charge in [-0.2, -0.15) is 0 Å². The second kappa shape index (κ2) is 3.14. The molecule has 2 N–H and O–H groups in total. The lowest BCUT2D eigenvalue weighted by molar-refractivity contribution is 0.395. The van der Waals surface area contributed by atoms with Crippen LogP contribution in [-0.4, -0.2) is 9.55 Å². The standard InChI is InChI=1S/C10H17N3/c1-7(8-3-4-8)9(11)10-12-5-6-13(10)2/h5-9H,3-4,11H2,1-2H3. The Morgan fingerprint density at radius 2 is 2.31 bits per heavy atom. The molecule has 1 aromatic heterocycles. The van der Waals surface area contributed by atoms with Gasteiger partial charge in [0.25, 0.3) is 0 Å². The van der Waals surface area contributed by atoms with Crippen LogP contribution in [-0.2, 0) is 7.05 Å². The molecule has 0 radical (unpaired) electrons. The predicted molar refractivity (Wildman–Crippen MR) is 52.0 cm³/mol. The van der Waals surface area contributed by atoms with Crippen molar-refractivity contribution >= 4 is 0 Å². The molecule has 72 valence electrons. The fraction of sp³-hybridized carbons (Fsp3) is 0.700. The molecule has 13 heavy (non-hydrogen) atoms. The highest BCUT2D eigenvalue weighted by molar-refractivity contribution is 5.01. The van der Waals surface area contributed by atoms with E-state index in [9.17, 15) is 0 Å². The summed E-state index contributed by atoms with van der Waals surface area (Å²) in [4.78, 5) is 4.28. The smallest absolute Gasteiger partial charge is 0.125 e. The van der Waals surface area contributed by atoms with E-state index in [1.807, 2.05) is 24.0 Å². The van der Waals surface area contributed by atoms with E-state index < -0.39 is 0 Å². The van der Waals surface area contributed by atoms with Gasteiger partial charge >= 0.3 is 0 Å². The zero-order valence-corrected chi connectivity index (χ0v) is 8.27. The lowest BCUT2D eigenvalue weighted by Crippen LogP contribution is -2.23. The van der Waals surface area contributed by atoms with Crippen molar-refractivity contribution in [2.24, 2.45) is 24.6 Å². The normalized spacial score (nSPS) is 21.5. The van der Waals surface area contributed by atoms with Gasteiger partial charge in [0.15, 0.2) is 0 Å². The third-order valence-electron chi connectivity index (χ3n) is 3.09. The molecule has 0 aromatic carbocycles. The van der Waals surface area contributed by atoms with Crippen LogP contribution in [0.4, 0.5) is 0 Å². The SMILES string of the molecule is CC(C1CC1)C(N)c1nccn1C. The average molecular weight is 179 g/mol. The first kappa shape index (κ1) is 8.75. The first-order valence-electron chi connectivity index (χ1n) is 4.93. The number of aromatic nitrogens is 2. The van der Waals surface area contributed by atoms with E-state index in [-0.39, 0.29) is 6.04 Å². The third kappa shape index (κ3) is 1.61. The Morgan fingerprint density at radius 3 is 2.77 bits per heavy atom. The number of rotatable bonds is 3. The molecule has 0 aliphatic heterocycles.